The predicted molar refractivity (Wildman–Crippen MR) is 152 cm³/mol. The average Bonchev–Trinajstić information content (AvgIpc) is 3.65. The van der Waals surface area contributed by atoms with Crippen molar-refractivity contribution < 1.29 is 19.1 Å². The Morgan fingerprint density at radius 2 is 1.65 bits per heavy atom. The molecule has 9 nitrogen and oxygen atoms in total. The molecule has 2 amide bonds. The first-order valence-corrected chi connectivity index (χ1v) is 13.7. The highest BCUT2D eigenvalue weighted by molar-refractivity contribution is 5.89. The van der Waals surface area contributed by atoms with Crippen LogP contribution in [-0.4, -0.2) is 58.5 Å². The molecule has 0 spiro atoms. The molecule has 0 radical (unpaired) electrons. The zero-order valence-electron chi connectivity index (χ0n) is 23.0. The number of carbonyl (C=O) groups excluding carboxylic acids is 2. The van der Waals surface area contributed by atoms with Gasteiger partial charge in [0, 0.05) is 18.7 Å². The SMILES string of the molecule is COc1cc(OC)cc([C@@H](C(=O)NC2CCCC2)N(CCc2ccccc2)C(=O)Cn2nnc3ccccc32)c1. The minimum atomic E-state index is -0.893. The zero-order chi connectivity index (χ0) is 27.9. The van der Waals surface area contributed by atoms with Crippen molar-refractivity contribution in [1.82, 2.24) is 25.2 Å². The highest BCUT2D eigenvalue weighted by Crippen LogP contribution is 2.31. The van der Waals surface area contributed by atoms with E-state index in [0.717, 1.165) is 36.8 Å². The summed E-state index contributed by atoms with van der Waals surface area (Å²) in [6.45, 7) is 0.279. The Hall–Kier alpha value is -4.40. The highest BCUT2D eigenvalue weighted by Gasteiger charge is 2.34. The Kier molecular flexibility index (Phi) is 8.59. The van der Waals surface area contributed by atoms with Crippen molar-refractivity contribution in [3.63, 3.8) is 0 Å². The molecule has 3 aromatic carbocycles. The summed E-state index contributed by atoms with van der Waals surface area (Å²) >= 11 is 0. The molecule has 0 bridgehead atoms. The van der Waals surface area contributed by atoms with E-state index in [2.05, 4.69) is 15.6 Å². The summed E-state index contributed by atoms with van der Waals surface area (Å²) in [5, 5.41) is 11.7. The fourth-order valence-electron chi connectivity index (χ4n) is 5.36. The van der Waals surface area contributed by atoms with Gasteiger partial charge in [0.1, 0.15) is 29.6 Å². The number of hydrogen-bond donors (Lipinski definition) is 1. The van der Waals surface area contributed by atoms with Crippen molar-refractivity contribution in [2.24, 2.45) is 0 Å². The molecule has 9 heteroatoms. The number of ether oxygens (including phenoxy) is 2. The van der Waals surface area contributed by atoms with Gasteiger partial charge < -0.3 is 19.7 Å². The fraction of sp³-hybridized carbons (Fsp3) is 0.355. The quantitative estimate of drug-likeness (QED) is 0.304. The summed E-state index contributed by atoms with van der Waals surface area (Å²) in [4.78, 5) is 29.8. The maximum absolute atomic E-state index is 14.1. The van der Waals surface area contributed by atoms with E-state index in [1.54, 1.807) is 42.0 Å². The predicted octanol–water partition coefficient (Wildman–Crippen LogP) is 4.32. The Morgan fingerprint density at radius 3 is 2.35 bits per heavy atom. The summed E-state index contributed by atoms with van der Waals surface area (Å²) in [6, 6.07) is 22.0. The smallest absolute Gasteiger partial charge is 0.247 e. The molecule has 208 valence electrons. The second-order valence-electron chi connectivity index (χ2n) is 10.1. The van der Waals surface area contributed by atoms with E-state index in [9.17, 15) is 9.59 Å². The number of rotatable bonds is 11. The van der Waals surface area contributed by atoms with E-state index < -0.39 is 6.04 Å². The second kappa shape index (κ2) is 12.6. The number of benzene rings is 3. The van der Waals surface area contributed by atoms with Crippen LogP contribution < -0.4 is 14.8 Å². The van der Waals surface area contributed by atoms with Gasteiger partial charge >= 0.3 is 0 Å². The fourth-order valence-corrected chi connectivity index (χ4v) is 5.36. The van der Waals surface area contributed by atoms with Crippen LogP contribution in [0.4, 0.5) is 0 Å². The van der Waals surface area contributed by atoms with Crippen LogP contribution in [0.3, 0.4) is 0 Å². The standard InChI is InChI=1S/C31H35N5O4/c1-39-25-18-23(19-26(20-25)40-2)30(31(38)32-24-12-6-7-13-24)35(17-16-22-10-4-3-5-11-22)29(37)21-36-28-15-9-8-14-27(28)33-34-36/h3-5,8-11,14-15,18-20,24,30H,6-7,12-13,16-17,21H2,1-2H3,(H,32,38)/t30-/m0/s1. The number of nitrogens with one attached hydrogen (secondary N) is 1. The summed E-state index contributed by atoms with van der Waals surface area (Å²) in [5.74, 6) is 0.642. The summed E-state index contributed by atoms with van der Waals surface area (Å²) in [6.07, 6.45) is 4.61. The average molecular weight is 542 g/mol. The van der Waals surface area contributed by atoms with E-state index in [4.69, 9.17) is 9.47 Å². The van der Waals surface area contributed by atoms with Crippen LogP contribution in [0, 0.1) is 0 Å². The van der Waals surface area contributed by atoms with Crippen LogP contribution in [0.25, 0.3) is 11.0 Å². The topological polar surface area (TPSA) is 98.6 Å². The van der Waals surface area contributed by atoms with E-state index in [1.807, 2.05) is 54.6 Å². The molecule has 0 unspecified atom stereocenters. The van der Waals surface area contributed by atoms with E-state index in [0.29, 0.717) is 35.5 Å². The third kappa shape index (κ3) is 6.25. The molecule has 1 fully saturated rings. The molecule has 1 aliphatic carbocycles. The Balaban J connectivity index is 1.54. The lowest BCUT2D eigenvalue weighted by Crippen LogP contribution is -2.47. The van der Waals surface area contributed by atoms with E-state index in [-0.39, 0.29) is 24.4 Å². The Bertz CT molecular complexity index is 1430. The number of aromatic nitrogens is 3. The van der Waals surface area contributed by atoms with Crippen LogP contribution in [0.1, 0.15) is 42.9 Å². The lowest BCUT2D eigenvalue weighted by atomic mass is 10.0. The van der Waals surface area contributed by atoms with Gasteiger partial charge in [0.05, 0.1) is 19.7 Å². The van der Waals surface area contributed by atoms with Crippen LogP contribution >= 0.6 is 0 Å². The lowest BCUT2D eigenvalue weighted by molar-refractivity contribution is -0.141. The minimum Gasteiger partial charge on any atom is -0.497 e. The Labute approximate surface area is 234 Å². The van der Waals surface area contributed by atoms with Crippen LogP contribution in [0.15, 0.2) is 72.8 Å². The maximum atomic E-state index is 14.1. The number of carbonyl (C=O) groups is 2. The van der Waals surface area contributed by atoms with Crippen LogP contribution in [-0.2, 0) is 22.6 Å². The molecule has 1 heterocycles. The normalized spacial score (nSPS) is 14.2. The van der Waals surface area contributed by atoms with Crippen molar-refractivity contribution >= 4 is 22.8 Å². The third-order valence-electron chi connectivity index (χ3n) is 7.46. The molecule has 1 aliphatic rings. The second-order valence-corrected chi connectivity index (χ2v) is 10.1. The highest BCUT2D eigenvalue weighted by atomic mass is 16.5. The van der Waals surface area contributed by atoms with Crippen LogP contribution in [0.2, 0.25) is 0 Å². The van der Waals surface area contributed by atoms with Gasteiger partial charge in [-0.25, -0.2) is 4.68 Å². The molecule has 0 aliphatic heterocycles. The largest absolute Gasteiger partial charge is 0.497 e. The summed E-state index contributed by atoms with van der Waals surface area (Å²) < 4.78 is 12.6. The van der Waals surface area contributed by atoms with Crippen molar-refractivity contribution in [1.29, 1.82) is 0 Å². The summed E-state index contributed by atoms with van der Waals surface area (Å²) in [7, 11) is 3.14. The number of methoxy groups -OCH3 is 2. The van der Waals surface area contributed by atoms with Crippen molar-refractivity contribution in [3.05, 3.63) is 83.9 Å². The molecule has 40 heavy (non-hydrogen) atoms. The van der Waals surface area contributed by atoms with Crippen molar-refractivity contribution in [2.75, 3.05) is 20.8 Å². The van der Waals surface area contributed by atoms with E-state index >= 15 is 0 Å². The molecule has 5 rings (SSSR count). The lowest BCUT2D eigenvalue weighted by Gasteiger charge is -2.33. The Morgan fingerprint density at radius 1 is 0.975 bits per heavy atom. The molecule has 1 atom stereocenters. The molecular formula is C31H35N5O4. The van der Waals surface area contributed by atoms with Gasteiger partial charge in [0.2, 0.25) is 11.8 Å². The number of nitrogens with zero attached hydrogens (tertiary/aromatic N) is 4. The number of fused-ring (bicyclic) bond motifs is 1. The van der Waals surface area contributed by atoms with Gasteiger partial charge in [-0.05, 0) is 54.7 Å². The van der Waals surface area contributed by atoms with Crippen LogP contribution in [0.5, 0.6) is 11.5 Å². The van der Waals surface area contributed by atoms with Gasteiger partial charge in [-0.3, -0.25) is 9.59 Å². The van der Waals surface area contributed by atoms with Crippen molar-refractivity contribution in [3.8, 4) is 11.5 Å². The molecule has 1 aromatic heterocycles. The molecular weight excluding hydrogens is 506 g/mol. The maximum Gasteiger partial charge on any atom is 0.247 e. The third-order valence-corrected chi connectivity index (χ3v) is 7.46. The number of amides is 2. The zero-order valence-corrected chi connectivity index (χ0v) is 23.0. The monoisotopic (exact) mass is 541 g/mol. The molecule has 4 aromatic rings. The van der Waals surface area contributed by atoms with Crippen molar-refractivity contribution in [2.45, 2.75) is 50.7 Å². The number of para-hydroxylation sites is 1. The van der Waals surface area contributed by atoms with Gasteiger partial charge in [0.15, 0.2) is 0 Å². The van der Waals surface area contributed by atoms with Gasteiger partial charge in [-0.15, -0.1) is 5.10 Å². The van der Waals surface area contributed by atoms with E-state index in [1.165, 1.54) is 0 Å². The van der Waals surface area contributed by atoms with Gasteiger partial charge in [-0.1, -0.05) is 60.5 Å². The van der Waals surface area contributed by atoms with Gasteiger partial charge in [-0.2, -0.15) is 0 Å². The molecule has 0 saturated heterocycles. The number of hydrogen-bond acceptors (Lipinski definition) is 6. The first kappa shape index (κ1) is 27.2. The summed E-state index contributed by atoms with van der Waals surface area (Å²) in [5.41, 5.74) is 3.16. The first-order valence-electron chi connectivity index (χ1n) is 13.7. The minimum absolute atomic E-state index is 0.0520. The molecule has 1 N–H and O–H groups in total. The van der Waals surface area contributed by atoms with Gasteiger partial charge in [0.25, 0.3) is 0 Å². The first-order chi connectivity index (χ1) is 19.6. The molecule has 1 saturated carbocycles.